The van der Waals surface area contributed by atoms with Crippen molar-refractivity contribution in [3.8, 4) is 0 Å². The second-order valence-corrected chi connectivity index (χ2v) is 7.92. The van der Waals surface area contributed by atoms with Crippen molar-refractivity contribution in [2.45, 2.75) is 30.1 Å². The summed E-state index contributed by atoms with van der Waals surface area (Å²) in [5, 5.41) is 1.79. The molecule has 2 N–H and O–H groups in total. The number of morpholine rings is 1. The Labute approximate surface area is 112 Å². The molecular weight excluding hydrogens is 272 g/mol. The summed E-state index contributed by atoms with van der Waals surface area (Å²) in [5.74, 6) is 0. The van der Waals surface area contributed by atoms with Crippen LogP contribution in [0, 0.1) is 0 Å². The summed E-state index contributed by atoms with van der Waals surface area (Å²) in [6.07, 6.45) is 0. The lowest BCUT2D eigenvalue weighted by Crippen LogP contribution is -2.55. The molecule has 2 rings (SSSR count). The van der Waals surface area contributed by atoms with E-state index in [0.29, 0.717) is 30.5 Å². The van der Waals surface area contributed by atoms with Crippen molar-refractivity contribution < 1.29 is 13.2 Å². The van der Waals surface area contributed by atoms with Crippen molar-refractivity contribution in [1.82, 2.24) is 4.31 Å². The molecule has 1 fully saturated rings. The Kier molecular flexibility index (Phi) is 3.80. The number of rotatable bonds is 3. The molecule has 0 unspecified atom stereocenters. The molecule has 7 heteroatoms. The van der Waals surface area contributed by atoms with Gasteiger partial charge in [0.2, 0.25) is 0 Å². The Morgan fingerprint density at radius 3 is 2.83 bits per heavy atom. The SMILES string of the molecule is CC1(C)COCCN1S(=O)(=O)c1cc(CN)cs1. The monoisotopic (exact) mass is 290 g/mol. The first kappa shape index (κ1) is 14.0. The molecule has 1 aromatic heterocycles. The maximum absolute atomic E-state index is 12.6. The summed E-state index contributed by atoms with van der Waals surface area (Å²) in [4.78, 5) is 0. The fourth-order valence-electron chi connectivity index (χ4n) is 1.99. The maximum atomic E-state index is 12.6. The molecule has 0 amide bonds. The summed E-state index contributed by atoms with van der Waals surface area (Å²) < 4.78 is 32.4. The average Bonchev–Trinajstić information content (AvgIpc) is 2.77. The highest BCUT2D eigenvalue weighted by Crippen LogP contribution is 2.30. The predicted molar refractivity (Wildman–Crippen MR) is 71.0 cm³/mol. The number of thiophene rings is 1. The molecule has 0 aromatic carbocycles. The van der Waals surface area contributed by atoms with Crippen LogP contribution in [-0.4, -0.2) is 38.0 Å². The van der Waals surface area contributed by atoms with Crippen molar-refractivity contribution >= 4 is 21.4 Å². The molecule has 1 saturated heterocycles. The number of nitrogens with zero attached hydrogens (tertiary/aromatic N) is 1. The lowest BCUT2D eigenvalue weighted by atomic mass is 10.1. The van der Waals surface area contributed by atoms with Crippen LogP contribution < -0.4 is 5.73 Å². The molecule has 1 aromatic rings. The molecule has 0 aliphatic carbocycles. The van der Waals surface area contributed by atoms with Crippen LogP contribution >= 0.6 is 11.3 Å². The average molecular weight is 290 g/mol. The normalized spacial score (nSPS) is 21.1. The molecular formula is C11H18N2O3S2. The van der Waals surface area contributed by atoms with E-state index in [2.05, 4.69) is 0 Å². The van der Waals surface area contributed by atoms with E-state index >= 15 is 0 Å². The number of nitrogens with two attached hydrogens (primary N) is 1. The first-order valence-electron chi connectivity index (χ1n) is 5.76. The quantitative estimate of drug-likeness (QED) is 0.901. The Bertz CT molecular complexity index is 522. The minimum Gasteiger partial charge on any atom is -0.378 e. The first-order chi connectivity index (χ1) is 8.38. The lowest BCUT2D eigenvalue weighted by Gasteiger charge is -2.40. The highest BCUT2D eigenvalue weighted by molar-refractivity contribution is 7.91. The molecule has 1 aliphatic heterocycles. The van der Waals surface area contributed by atoms with Crippen LogP contribution in [0.3, 0.4) is 0 Å². The fraction of sp³-hybridized carbons (Fsp3) is 0.636. The van der Waals surface area contributed by atoms with Gasteiger partial charge in [0.25, 0.3) is 10.0 Å². The van der Waals surface area contributed by atoms with Gasteiger partial charge in [0, 0.05) is 13.1 Å². The van der Waals surface area contributed by atoms with E-state index in [0.717, 1.165) is 5.56 Å². The minimum absolute atomic E-state index is 0.359. The summed E-state index contributed by atoms with van der Waals surface area (Å²) >= 11 is 1.23. The zero-order chi connectivity index (χ0) is 13.4. The zero-order valence-electron chi connectivity index (χ0n) is 10.5. The zero-order valence-corrected chi connectivity index (χ0v) is 12.2. The molecule has 0 atom stereocenters. The van der Waals surface area contributed by atoms with Gasteiger partial charge in [-0.15, -0.1) is 11.3 Å². The molecule has 0 spiro atoms. The van der Waals surface area contributed by atoms with E-state index in [9.17, 15) is 8.42 Å². The van der Waals surface area contributed by atoms with Gasteiger partial charge in [-0.1, -0.05) is 0 Å². The van der Waals surface area contributed by atoms with Gasteiger partial charge >= 0.3 is 0 Å². The van der Waals surface area contributed by atoms with Crippen LogP contribution in [0.4, 0.5) is 0 Å². The molecule has 0 bridgehead atoms. The van der Waals surface area contributed by atoms with E-state index in [1.165, 1.54) is 15.6 Å². The highest BCUT2D eigenvalue weighted by atomic mass is 32.2. The van der Waals surface area contributed by atoms with Gasteiger partial charge in [0.15, 0.2) is 0 Å². The number of sulfonamides is 1. The van der Waals surface area contributed by atoms with Crippen LogP contribution in [0.15, 0.2) is 15.7 Å². The van der Waals surface area contributed by atoms with Gasteiger partial charge in [-0.05, 0) is 30.9 Å². The Balaban J connectivity index is 2.35. The standard InChI is InChI=1S/C11H18N2O3S2/c1-11(2)8-16-4-3-13(11)18(14,15)10-5-9(6-12)7-17-10/h5,7H,3-4,6,8,12H2,1-2H3. The first-order valence-corrected chi connectivity index (χ1v) is 8.08. The minimum atomic E-state index is -3.44. The van der Waals surface area contributed by atoms with Gasteiger partial charge in [0.1, 0.15) is 4.21 Å². The Morgan fingerprint density at radius 1 is 1.56 bits per heavy atom. The van der Waals surface area contributed by atoms with Crippen molar-refractivity contribution in [3.63, 3.8) is 0 Å². The van der Waals surface area contributed by atoms with E-state index < -0.39 is 15.6 Å². The van der Waals surface area contributed by atoms with Gasteiger partial charge in [-0.25, -0.2) is 8.42 Å². The molecule has 1 aliphatic rings. The van der Waals surface area contributed by atoms with Crippen LogP contribution in [0.25, 0.3) is 0 Å². The second-order valence-electron chi connectivity index (χ2n) is 4.92. The van der Waals surface area contributed by atoms with Gasteiger partial charge in [-0.3, -0.25) is 0 Å². The summed E-state index contributed by atoms with van der Waals surface area (Å²) in [7, 11) is -3.44. The van der Waals surface area contributed by atoms with Crippen molar-refractivity contribution in [2.75, 3.05) is 19.8 Å². The van der Waals surface area contributed by atoms with Gasteiger partial charge in [0.05, 0.1) is 18.8 Å². The third kappa shape index (κ3) is 2.46. The highest BCUT2D eigenvalue weighted by Gasteiger charge is 2.40. The summed E-state index contributed by atoms with van der Waals surface area (Å²) in [6.45, 7) is 5.37. The van der Waals surface area contributed by atoms with Crippen molar-refractivity contribution in [2.24, 2.45) is 5.73 Å². The smallest absolute Gasteiger partial charge is 0.253 e. The predicted octanol–water partition coefficient (Wildman–Crippen LogP) is 1.01. The molecule has 0 saturated carbocycles. The van der Waals surface area contributed by atoms with Crippen molar-refractivity contribution in [1.29, 1.82) is 0 Å². The second kappa shape index (κ2) is 4.90. The maximum Gasteiger partial charge on any atom is 0.253 e. The summed E-state index contributed by atoms with van der Waals surface area (Å²) in [6, 6.07) is 1.66. The van der Waals surface area contributed by atoms with E-state index in [1.54, 1.807) is 11.4 Å². The fourth-order valence-corrected chi connectivity index (χ4v) is 5.08. The molecule has 5 nitrogen and oxygen atoms in total. The Morgan fingerprint density at radius 2 is 2.28 bits per heavy atom. The van der Waals surface area contributed by atoms with E-state index in [1.807, 2.05) is 13.8 Å². The van der Waals surface area contributed by atoms with Crippen LogP contribution in [-0.2, 0) is 21.3 Å². The molecule has 18 heavy (non-hydrogen) atoms. The van der Waals surface area contributed by atoms with Gasteiger partial charge in [-0.2, -0.15) is 4.31 Å². The molecule has 0 radical (unpaired) electrons. The molecule has 2 heterocycles. The van der Waals surface area contributed by atoms with E-state index in [4.69, 9.17) is 10.5 Å². The number of ether oxygens (including phenoxy) is 1. The molecule has 102 valence electrons. The summed E-state index contributed by atoms with van der Waals surface area (Å²) in [5.41, 5.74) is 5.86. The van der Waals surface area contributed by atoms with Crippen LogP contribution in [0.1, 0.15) is 19.4 Å². The van der Waals surface area contributed by atoms with Gasteiger partial charge < -0.3 is 10.5 Å². The van der Waals surface area contributed by atoms with Crippen LogP contribution in [0.2, 0.25) is 0 Å². The largest absolute Gasteiger partial charge is 0.378 e. The van der Waals surface area contributed by atoms with Crippen molar-refractivity contribution in [3.05, 3.63) is 17.0 Å². The van der Waals surface area contributed by atoms with Crippen LogP contribution in [0.5, 0.6) is 0 Å². The van der Waals surface area contributed by atoms with E-state index in [-0.39, 0.29) is 0 Å². The number of hydrogen-bond donors (Lipinski definition) is 1. The Hall–Kier alpha value is -0.470. The number of hydrogen-bond acceptors (Lipinski definition) is 5. The topological polar surface area (TPSA) is 72.6 Å². The lowest BCUT2D eigenvalue weighted by molar-refractivity contribution is -0.00761. The third-order valence-corrected chi connectivity index (χ3v) is 6.55. The third-order valence-electron chi connectivity index (χ3n) is 2.98.